The van der Waals surface area contributed by atoms with Crippen molar-refractivity contribution in [3.8, 4) is 0 Å². The first-order valence-electron chi connectivity index (χ1n) is 4.67. The van der Waals surface area contributed by atoms with Crippen molar-refractivity contribution in [3.05, 3.63) is 46.5 Å². The van der Waals surface area contributed by atoms with Gasteiger partial charge in [0.25, 0.3) is 11.8 Å². The van der Waals surface area contributed by atoms with Gasteiger partial charge in [0.15, 0.2) is 0 Å². The lowest BCUT2D eigenvalue weighted by molar-refractivity contribution is -0.123. The summed E-state index contributed by atoms with van der Waals surface area (Å²) in [7, 11) is 1.45. The standard InChI is InChI=1S/C12H12BrNO2/c1-8(2)11(15)14(3)12(16)9-4-6-10(13)7-5-9/h4-7H,1H2,2-3H3. The highest BCUT2D eigenvalue weighted by atomic mass is 79.9. The Morgan fingerprint density at radius 3 is 2.19 bits per heavy atom. The van der Waals surface area contributed by atoms with Gasteiger partial charge in [-0.25, -0.2) is 0 Å². The first-order valence-corrected chi connectivity index (χ1v) is 5.46. The van der Waals surface area contributed by atoms with Crippen molar-refractivity contribution in [2.75, 3.05) is 7.05 Å². The minimum atomic E-state index is -0.368. The average molecular weight is 282 g/mol. The summed E-state index contributed by atoms with van der Waals surface area (Å²) in [4.78, 5) is 24.4. The summed E-state index contributed by atoms with van der Waals surface area (Å²) < 4.78 is 0.887. The maximum absolute atomic E-state index is 11.9. The molecule has 1 aromatic rings. The smallest absolute Gasteiger partial charge is 0.260 e. The zero-order valence-electron chi connectivity index (χ0n) is 9.16. The summed E-state index contributed by atoms with van der Waals surface area (Å²) in [6, 6.07) is 6.84. The second kappa shape index (κ2) is 5.07. The number of nitrogens with zero attached hydrogens (tertiary/aromatic N) is 1. The van der Waals surface area contributed by atoms with Crippen LogP contribution in [0.3, 0.4) is 0 Å². The van der Waals surface area contributed by atoms with Crippen LogP contribution in [-0.2, 0) is 4.79 Å². The van der Waals surface area contributed by atoms with Crippen LogP contribution in [0.5, 0.6) is 0 Å². The molecule has 0 heterocycles. The number of carbonyl (C=O) groups excluding carboxylic acids is 2. The van der Waals surface area contributed by atoms with Gasteiger partial charge < -0.3 is 0 Å². The van der Waals surface area contributed by atoms with Gasteiger partial charge in [-0.05, 0) is 31.2 Å². The van der Waals surface area contributed by atoms with Crippen LogP contribution in [0, 0.1) is 0 Å². The Bertz CT molecular complexity index is 437. The predicted octanol–water partition coefficient (Wildman–Crippen LogP) is 2.62. The molecule has 0 aliphatic carbocycles. The Hall–Kier alpha value is -1.42. The molecule has 4 heteroatoms. The molecule has 84 valence electrons. The average Bonchev–Trinajstić information content (AvgIpc) is 2.27. The normalized spacial score (nSPS) is 9.69. The molecule has 3 nitrogen and oxygen atoms in total. The highest BCUT2D eigenvalue weighted by molar-refractivity contribution is 9.10. The molecular weight excluding hydrogens is 270 g/mol. The SMILES string of the molecule is C=C(C)C(=O)N(C)C(=O)c1ccc(Br)cc1. The third-order valence-corrected chi connectivity index (χ3v) is 2.59. The number of imide groups is 1. The van der Waals surface area contributed by atoms with E-state index >= 15 is 0 Å². The lowest BCUT2D eigenvalue weighted by Crippen LogP contribution is -2.33. The van der Waals surface area contributed by atoms with Crippen LogP contribution in [-0.4, -0.2) is 23.8 Å². The Kier molecular flexibility index (Phi) is 4.01. The van der Waals surface area contributed by atoms with E-state index in [1.165, 1.54) is 7.05 Å². The molecule has 0 bridgehead atoms. The molecule has 0 spiro atoms. The van der Waals surface area contributed by atoms with Crippen LogP contribution in [0.2, 0.25) is 0 Å². The Balaban J connectivity index is 2.90. The van der Waals surface area contributed by atoms with Crippen LogP contribution in [0.4, 0.5) is 0 Å². The van der Waals surface area contributed by atoms with Crippen molar-refractivity contribution in [1.29, 1.82) is 0 Å². The fourth-order valence-electron chi connectivity index (χ4n) is 1.16. The van der Waals surface area contributed by atoms with Crippen molar-refractivity contribution in [3.63, 3.8) is 0 Å². The molecule has 16 heavy (non-hydrogen) atoms. The molecule has 0 unspecified atom stereocenters. The predicted molar refractivity (Wildman–Crippen MR) is 66.1 cm³/mol. The largest absolute Gasteiger partial charge is 0.278 e. The number of carbonyl (C=O) groups is 2. The molecular formula is C12H12BrNO2. The number of hydrogen-bond donors (Lipinski definition) is 0. The van der Waals surface area contributed by atoms with Gasteiger partial charge in [-0.2, -0.15) is 0 Å². The van der Waals surface area contributed by atoms with Crippen molar-refractivity contribution in [2.45, 2.75) is 6.92 Å². The molecule has 0 aromatic heterocycles. The quantitative estimate of drug-likeness (QED) is 0.782. The van der Waals surface area contributed by atoms with Crippen molar-refractivity contribution >= 4 is 27.7 Å². The minimum absolute atomic E-state index is 0.333. The molecule has 0 radical (unpaired) electrons. The number of benzene rings is 1. The maximum atomic E-state index is 11.9. The highest BCUT2D eigenvalue weighted by Crippen LogP contribution is 2.12. The van der Waals surface area contributed by atoms with Gasteiger partial charge in [-0.15, -0.1) is 0 Å². The summed E-state index contributed by atoms with van der Waals surface area (Å²) in [6.07, 6.45) is 0. The van der Waals surface area contributed by atoms with Gasteiger partial charge >= 0.3 is 0 Å². The van der Waals surface area contributed by atoms with Gasteiger partial charge in [-0.1, -0.05) is 22.5 Å². The minimum Gasteiger partial charge on any atom is -0.278 e. The summed E-state index contributed by atoms with van der Waals surface area (Å²) >= 11 is 3.28. The molecule has 0 aliphatic heterocycles. The van der Waals surface area contributed by atoms with E-state index in [9.17, 15) is 9.59 Å². The summed E-state index contributed by atoms with van der Waals surface area (Å²) in [5, 5.41) is 0. The Morgan fingerprint density at radius 1 is 1.25 bits per heavy atom. The van der Waals surface area contributed by atoms with Gasteiger partial charge in [0, 0.05) is 22.7 Å². The summed E-state index contributed by atoms with van der Waals surface area (Å²) in [5.74, 6) is -0.701. The molecule has 0 saturated carbocycles. The lowest BCUT2D eigenvalue weighted by Gasteiger charge is -2.15. The molecule has 2 amide bonds. The lowest BCUT2D eigenvalue weighted by atomic mass is 10.2. The fraction of sp³-hybridized carbons (Fsp3) is 0.167. The molecule has 1 aromatic carbocycles. The zero-order chi connectivity index (χ0) is 12.3. The first-order chi connectivity index (χ1) is 7.43. The van der Waals surface area contributed by atoms with E-state index in [-0.39, 0.29) is 11.8 Å². The molecule has 0 saturated heterocycles. The van der Waals surface area contributed by atoms with Crippen LogP contribution >= 0.6 is 15.9 Å². The van der Waals surface area contributed by atoms with Crippen molar-refractivity contribution in [1.82, 2.24) is 4.90 Å². The summed E-state index contributed by atoms with van der Waals surface area (Å²) in [6.45, 7) is 5.09. The molecule has 0 atom stereocenters. The second-order valence-corrected chi connectivity index (χ2v) is 4.37. The number of halogens is 1. The van der Waals surface area contributed by atoms with Crippen LogP contribution in [0.1, 0.15) is 17.3 Å². The Morgan fingerprint density at radius 2 is 1.75 bits per heavy atom. The van der Waals surface area contributed by atoms with E-state index in [4.69, 9.17) is 0 Å². The topological polar surface area (TPSA) is 37.4 Å². The van der Waals surface area contributed by atoms with E-state index in [2.05, 4.69) is 22.5 Å². The third-order valence-electron chi connectivity index (χ3n) is 2.07. The van der Waals surface area contributed by atoms with Gasteiger partial charge in [0.2, 0.25) is 0 Å². The fourth-order valence-corrected chi connectivity index (χ4v) is 1.43. The maximum Gasteiger partial charge on any atom is 0.260 e. The van der Waals surface area contributed by atoms with E-state index in [0.29, 0.717) is 11.1 Å². The van der Waals surface area contributed by atoms with Crippen molar-refractivity contribution in [2.24, 2.45) is 0 Å². The molecule has 0 aliphatic rings. The monoisotopic (exact) mass is 281 g/mol. The zero-order valence-corrected chi connectivity index (χ0v) is 10.7. The van der Waals surface area contributed by atoms with Crippen LogP contribution in [0.25, 0.3) is 0 Å². The number of hydrogen-bond acceptors (Lipinski definition) is 2. The number of likely N-dealkylation sites (N-methyl/N-ethyl adjacent to an activating group) is 1. The van der Waals surface area contributed by atoms with Gasteiger partial charge in [0.1, 0.15) is 0 Å². The van der Waals surface area contributed by atoms with Crippen molar-refractivity contribution < 1.29 is 9.59 Å². The molecule has 1 rings (SSSR count). The highest BCUT2D eigenvalue weighted by Gasteiger charge is 2.18. The Labute approximate surface area is 103 Å². The molecule has 0 fully saturated rings. The van der Waals surface area contributed by atoms with Crippen LogP contribution in [0.15, 0.2) is 40.9 Å². The number of rotatable bonds is 2. The van der Waals surface area contributed by atoms with Gasteiger partial charge in [-0.3, -0.25) is 14.5 Å². The number of amides is 2. The third kappa shape index (κ3) is 2.79. The first kappa shape index (κ1) is 12.6. The summed E-state index contributed by atoms with van der Waals surface area (Å²) in [5.41, 5.74) is 0.813. The van der Waals surface area contributed by atoms with E-state index in [1.807, 2.05) is 0 Å². The van der Waals surface area contributed by atoms with Gasteiger partial charge in [0.05, 0.1) is 0 Å². The van der Waals surface area contributed by atoms with E-state index in [0.717, 1.165) is 9.37 Å². The molecule has 0 N–H and O–H groups in total. The van der Waals surface area contributed by atoms with E-state index < -0.39 is 0 Å². The van der Waals surface area contributed by atoms with Crippen LogP contribution < -0.4 is 0 Å². The van der Waals surface area contributed by atoms with E-state index in [1.54, 1.807) is 31.2 Å². The second-order valence-electron chi connectivity index (χ2n) is 3.46.